The summed E-state index contributed by atoms with van der Waals surface area (Å²) >= 11 is 0. The first kappa shape index (κ1) is 9.63. The Morgan fingerprint density at radius 2 is 1.40 bits per heavy atom. The quantitative estimate of drug-likeness (QED) is 0.509. The standard InChI is InChI=1S/C7H15N.CH2O/c1-8-6-4-2-3-5-7-8;1-2/h2-7H2,1H3;1H2. The highest BCUT2D eigenvalue weighted by molar-refractivity contribution is 5.10. The normalized spacial score (nSPS) is 20.5. The van der Waals surface area contributed by atoms with Gasteiger partial charge in [0.1, 0.15) is 6.79 Å². The largest absolute Gasteiger partial charge is 0.307 e. The predicted octanol–water partition coefficient (Wildman–Crippen LogP) is 1.31. The van der Waals surface area contributed by atoms with Gasteiger partial charge in [0.05, 0.1) is 0 Å². The molecule has 1 heterocycles. The van der Waals surface area contributed by atoms with Crippen LogP contribution in [-0.2, 0) is 4.79 Å². The number of carbonyl (C=O) groups is 1. The van der Waals surface area contributed by atoms with Gasteiger partial charge in [0.25, 0.3) is 0 Å². The lowest BCUT2D eigenvalue weighted by Gasteiger charge is -2.10. The Bertz CT molecular complexity index is 67.7. The molecule has 0 aliphatic carbocycles. The molecule has 0 aromatic heterocycles. The van der Waals surface area contributed by atoms with E-state index in [0.717, 1.165) is 0 Å². The molecule has 0 saturated carbocycles. The summed E-state index contributed by atoms with van der Waals surface area (Å²) in [5.74, 6) is 0. The Morgan fingerprint density at radius 1 is 1.00 bits per heavy atom. The van der Waals surface area contributed by atoms with Crippen molar-refractivity contribution in [3.8, 4) is 0 Å². The third kappa shape index (κ3) is 4.50. The van der Waals surface area contributed by atoms with Crippen LogP contribution in [0.5, 0.6) is 0 Å². The summed E-state index contributed by atoms with van der Waals surface area (Å²) in [5, 5.41) is 0. The Morgan fingerprint density at radius 3 is 1.80 bits per heavy atom. The van der Waals surface area contributed by atoms with Crippen LogP contribution in [0.4, 0.5) is 0 Å². The maximum absolute atomic E-state index is 8.00. The Balaban J connectivity index is 0.000000371. The molecule has 0 N–H and O–H groups in total. The minimum Gasteiger partial charge on any atom is -0.307 e. The summed E-state index contributed by atoms with van der Waals surface area (Å²) in [5.41, 5.74) is 0. The molecule has 1 fully saturated rings. The monoisotopic (exact) mass is 143 g/mol. The van der Waals surface area contributed by atoms with Gasteiger partial charge in [-0.1, -0.05) is 12.8 Å². The van der Waals surface area contributed by atoms with Crippen molar-refractivity contribution in [1.29, 1.82) is 0 Å². The third-order valence-corrected chi connectivity index (χ3v) is 1.83. The van der Waals surface area contributed by atoms with Gasteiger partial charge >= 0.3 is 0 Å². The number of carbonyl (C=O) groups excluding carboxylic acids is 1. The topological polar surface area (TPSA) is 20.3 Å². The van der Waals surface area contributed by atoms with Crippen molar-refractivity contribution in [2.75, 3.05) is 20.1 Å². The van der Waals surface area contributed by atoms with Gasteiger partial charge in [-0.25, -0.2) is 0 Å². The first-order chi connectivity index (χ1) is 4.89. The van der Waals surface area contributed by atoms with Crippen molar-refractivity contribution in [3.05, 3.63) is 0 Å². The summed E-state index contributed by atoms with van der Waals surface area (Å²) < 4.78 is 0. The fourth-order valence-corrected chi connectivity index (χ4v) is 1.23. The molecule has 10 heavy (non-hydrogen) atoms. The van der Waals surface area contributed by atoms with E-state index in [4.69, 9.17) is 4.79 Å². The van der Waals surface area contributed by atoms with Crippen LogP contribution < -0.4 is 0 Å². The third-order valence-electron chi connectivity index (χ3n) is 1.83. The van der Waals surface area contributed by atoms with Crippen molar-refractivity contribution in [3.63, 3.8) is 0 Å². The zero-order valence-electron chi connectivity index (χ0n) is 6.81. The van der Waals surface area contributed by atoms with Gasteiger partial charge in [0.2, 0.25) is 0 Å². The lowest BCUT2D eigenvalue weighted by molar-refractivity contribution is -0.0979. The molecule has 1 saturated heterocycles. The van der Waals surface area contributed by atoms with Crippen LogP contribution in [0.1, 0.15) is 25.7 Å². The van der Waals surface area contributed by atoms with E-state index in [9.17, 15) is 0 Å². The van der Waals surface area contributed by atoms with Crippen molar-refractivity contribution in [2.45, 2.75) is 25.7 Å². The van der Waals surface area contributed by atoms with Crippen molar-refractivity contribution in [1.82, 2.24) is 4.90 Å². The highest BCUT2D eigenvalue weighted by atomic mass is 16.1. The molecule has 0 atom stereocenters. The van der Waals surface area contributed by atoms with Crippen LogP contribution in [0.3, 0.4) is 0 Å². The van der Waals surface area contributed by atoms with E-state index in [-0.39, 0.29) is 0 Å². The van der Waals surface area contributed by atoms with Gasteiger partial charge in [-0.2, -0.15) is 0 Å². The molecule has 60 valence electrons. The second-order valence-corrected chi connectivity index (χ2v) is 2.72. The molecule has 0 spiro atoms. The molecule has 2 heteroatoms. The van der Waals surface area contributed by atoms with E-state index >= 15 is 0 Å². The Hall–Kier alpha value is -0.370. The molecule has 0 bridgehead atoms. The number of rotatable bonds is 0. The SMILES string of the molecule is C=O.CN1CCCCCC1. The molecule has 0 aromatic rings. The molecule has 0 amide bonds. The average molecular weight is 143 g/mol. The van der Waals surface area contributed by atoms with E-state index in [1.807, 2.05) is 6.79 Å². The van der Waals surface area contributed by atoms with Crippen molar-refractivity contribution in [2.24, 2.45) is 0 Å². The minimum absolute atomic E-state index is 1.32. The van der Waals surface area contributed by atoms with E-state index in [1.165, 1.54) is 38.8 Å². The van der Waals surface area contributed by atoms with Crippen LogP contribution in [0.15, 0.2) is 0 Å². The van der Waals surface area contributed by atoms with Crippen LogP contribution in [-0.4, -0.2) is 31.8 Å². The van der Waals surface area contributed by atoms with E-state index in [0.29, 0.717) is 0 Å². The van der Waals surface area contributed by atoms with Gasteiger partial charge in [0.15, 0.2) is 0 Å². The lowest BCUT2D eigenvalue weighted by Crippen LogP contribution is -2.18. The second kappa shape index (κ2) is 6.75. The smallest absolute Gasteiger partial charge is 0.106 e. The molecule has 0 unspecified atom stereocenters. The molecule has 0 radical (unpaired) electrons. The molecule has 1 rings (SSSR count). The molecule has 0 aromatic carbocycles. The fourth-order valence-electron chi connectivity index (χ4n) is 1.23. The summed E-state index contributed by atoms with van der Waals surface area (Å²) in [6.45, 7) is 4.64. The highest BCUT2D eigenvalue weighted by Crippen LogP contribution is 2.06. The van der Waals surface area contributed by atoms with Crippen LogP contribution >= 0.6 is 0 Å². The summed E-state index contributed by atoms with van der Waals surface area (Å²) in [7, 11) is 2.21. The zero-order chi connectivity index (χ0) is 7.82. The average Bonchev–Trinajstić information content (AvgIpc) is 2.21. The first-order valence-corrected chi connectivity index (χ1v) is 3.87. The van der Waals surface area contributed by atoms with E-state index in [2.05, 4.69) is 11.9 Å². The molecular weight excluding hydrogens is 126 g/mol. The first-order valence-electron chi connectivity index (χ1n) is 3.87. The van der Waals surface area contributed by atoms with Gasteiger partial charge in [0, 0.05) is 0 Å². The molecular formula is C8H17NO. The van der Waals surface area contributed by atoms with Gasteiger partial charge in [-0.3, -0.25) is 0 Å². The predicted molar refractivity (Wildman–Crippen MR) is 43.1 cm³/mol. The minimum atomic E-state index is 1.32. The van der Waals surface area contributed by atoms with Gasteiger partial charge < -0.3 is 9.69 Å². The van der Waals surface area contributed by atoms with Gasteiger partial charge in [-0.15, -0.1) is 0 Å². The highest BCUT2D eigenvalue weighted by Gasteiger charge is 2.01. The summed E-state index contributed by atoms with van der Waals surface area (Å²) in [4.78, 5) is 10.4. The van der Waals surface area contributed by atoms with Crippen LogP contribution in [0.25, 0.3) is 0 Å². The molecule has 2 nitrogen and oxygen atoms in total. The summed E-state index contributed by atoms with van der Waals surface area (Å²) in [6, 6.07) is 0. The zero-order valence-corrected chi connectivity index (χ0v) is 6.81. The van der Waals surface area contributed by atoms with Crippen LogP contribution in [0.2, 0.25) is 0 Å². The maximum atomic E-state index is 8.00. The number of hydrogen-bond acceptors (Lipinski definition) is 2. The lowest BCUT2D eigenvalue weighted by atomic mass is 10.2. The van der Waals surface area contributed by atoms with E-state index in [1.54, 1.807) is 0 Å². The van der Waals surface area contributed by atoms with Crippen LogP contribution in [0, 0.1) is 0 Å². The molecule has 1 aliphatic rings. The van der Waals surface area contributed by atoms with E-state index < -0.39 is 0 Å². The Kier molecular flexibility index (Phi) is 6.50. The van der Waals surface area contributed by atoms with Crippen molar-refractivity contribution < 1.29 is 4.79 Å². The fraction of sp³-hybridized carbons (Fsp3) is 0.875. The summed E-state index contributed by atoms with van der Waals surface area (Å²) in [6.07, 6.45) is 5.72. The Labute approximate surface area is 63.2 Å². The number of likely N-dealkylation sites (tertiary alicyclic amines) is 1. The number of nitrogens with zero attached hydrogens (tertiary/aromatic N) is 1. The number of hydrogen-bond donors (Lipinski definition) is 0. The molecule has 1 aliphatic heterocycles. The second-order valence-electron chi connectivity index (χ2n) is 2.72. The maximum Gasteiger partial charge on any atom is 0.106 e. The van der Waals surface area contributed by atoms with Gasteiger partial charge in [-0.05, 0) is 33.0 Å². The van der Waals surface area contributed by atoms with Crippen molar-refractivity contribution >= 4 is 6.79 Å².